The number of amides is 2. The number of aliphatic hydroxyl groups is 2. The number of hydrogen-bond donors (Lipinski definition) is 6. The zero-order chi connectivity index (χ0) is 23.6. The van der Waals surface area contributed by atoms with E-state index in [9.17, 15) is 24.5 Å². The van der Waals surface area contributed by atoms with E-state index in [0.717, 1.165) is 25.7 Å². The van der Waals surface area contributed by atoms with Crippen molar-refractivity contribution in [3.63, 3.8) is 0 Å². The first-order valence-electron chi connectivity index (χ1n) is 10.7. The van der Waals surface area contributed by atoms with Crippen molar-refractivity contribution in [1.29, 1.82) is 0 Å². The number of rotatable bonds is 8. The van der Waals surface area contributed by atoms with E-state index in [-0.39, 0.29) is 35.7 Å². The van der Waals surface area contributed by atoms with E-state index in [1.54, 1.807) is 0 Å². The van der Waals surface area contributed by atoms with Crippen LogP contribution in [0.3, 0.4) is 0 Å². The maximum Gasteiger partial charge on any atom is 0.329 e. The Kier molecular flexibility index (Phi) is 7.24. The zero-order valence-electron chi connectivity index (χ0n) is 17.8. The number of hydrogen-bond acceptors (Lipinski definition) is 10. The average molecular weight is 485 g/mol. The molecule has 2 amide bonds. The summed E-state index contributed by atoms with van der Waals surface area (Å²) in [6.07, 6.45) is 1.42. The summed E-state index contributed by atoms with van der Waals surface area (Å²) in [5.41, 5.74) is 5.81. The van der Waals surface area contributed by atoms with Crippen LogP contribution in [0, 0.1) is 0 Å². The quantitative estimate of drug-likeness (QED) is 0.267. The molecule has 0 bridgehead atoms. The molecular weight excluding hydrogens is 457 g/mol. The van der Waals surface area contributed by atoms with Gasteiger partial charge >= 0.3 is 13.6 Å². The number of nitrogens with one attached hydrogen (secondary N) is 2. The SMILES string of the molecule is NCCP(=O)(O)OC[C@H]1O[C@@H](n2cnc3c(NC(=O)NC4CCCC4)ncnc32)C(O)C1O. The van der Waals surface area contributed by atoms with E-state index in [1.165, 1.54) is 17.2 Å². The summed E-state index contributed by atoms with van der Waals surface area (Å²) in [5, 5.41) is 26.4. The standard InChI is InChI=1S/C18H28N7O7P/c19-5-6-33(29,30)31-7-11-13(26)14(27)17(32-11)25-9-22-12-15(20-8-21-16(12)25)24-18(28)23-10-3-1-2-4-10/h8-11,13-14,17,26-27H,1-7,19H2,(H,29,30)(H2,20,21,23,24,28)/t11-,13?,14?,17-/m1/s1. The van der Waals surface area contributed by atoms with Crippen molar-refractivity contribution in [3.05, 3.63) is 12.7 Å². The summed E-state index contributed by atoms with van der Waals surface area (Å²) in [6.45, 7) is -0.457. The highest BCUT2D eigenvalue weighted by Gasteiger charge is 2.45. The number of aliphatic hydroxyl groups excluding tert-OH is 2. The largest absolute Gasteiger partial charge is 0.387 e. The minimum Gasteiger partial charge on any atom is -0.387 e. The average Bonchev–Trinajstić information content (AvgIpc) is 3.48. The highest BCUT2D eigenvalue weighted by Crippen LogP contribution is 2.42. The van der Waals surface area contributed by atoms with Crippen LogP contribution in [-0.2, 0) is 13.8 Å². The minimum atomic E-state index is -3.93. The van der Waals surface area contributed by atoms with Gasteiger partial charge in [0.15, 0.2) is 23.2 Å². The predicted molar refractivity (Wildman–Crippen MR) is 115 cm³/mol. The maximum atomic E-state index is 12.3. The van der Waals surface area contributed by atoms with Gasteiger partial charge in [0.2, 0.25) is 0 Å². The van der Waals surface area contributed by atoms with Crippen LogP contribution in [-0.4, -0.2) is 84.3 Å². The molecular formula is C18H28N7O7P. The van der Waals surface area contributed by atoms with Crippen molar-refractivity contribution in [3.8, 4) is 0 Å². The zero-order valence-corrected chi connectivity index (χ0v) is 18.7. The van der Waals surface area contributed by atoms with Crippen molar-refractivity contribution < 1.29 is 33.7 Å². The second-order valence-corrected chi connectivity index (χ2v) is 10.1. The van der Waals surface area contributed by atoms with Gasteiger partial charge in [0.05, 0.1) is 19.1 Å². The summed E-state index contributed by atoms with van der Waals surface area (Å²) in [4.78, 5) is 34.5. The molecule has 1 aliphatic carbocycles. The van der Waals surface area contributed by atoms with E-state index in [4.69, 9.17) is 15.0 Å². The summed E-state index contributed by atoms with van der Waals surface area (Å²) in [5.74, 6) is 0.185. The summed E-state index contributed by atoms with van der Waals surface area (Å²) >= 11 is 0. The first kappa shape index (κ1) is 24.0. The van der Waals surface area contributed by atoms with E-state index >= 15 is 0 Å². The lowest BCUT2D eigenvalue weighted by molar-refractivity contribution is -0.0484. The molecule has 2 fully saturated rings. The Hall–Kier alpha value is -2.19. The third kappa shape index (κ3) is 5.32. The fourth-order valence-corrected chi connectivity index (χ4v) is 4.88. The van der Waals surface area contributed by atoms with Crippen molar-refractivity contribution in [2.24, 2.45) is 5.73 Å². The predicted octanol–water partition coefficient (Wildman–Crippen LogP) is -0.330. The number of aromatic nitrogens is 4. The van der Waals surface area contributed by atoms with Crippen LogP contribution in [0.5, 0.6) is 0 Å². The third-order valence-corrected chi connectivity index (χ3v) is 7.12. The third-order valence-electron chi connectivity index (χ3n) is 5.74. The normalized spacial score (nSPS) is 27.6. The van der Waals surface area contributed by atoms with Gasteiger partial charge in [-0.3, -0.25) is 14.4 Å². The molecule has 3 heterocycles. The Balaban J connectivity index is 1.47. The van der Waals surface area contributed by atoms with Gasteiger partial charge in [0.1, 0.15) is 24.6 Å². The number of imidazole rings is 1. The Morgan fingerprint density at radius 1 is 1.27 bits per heavy atom. The number of nitrogens with zero attached hydrogens (tertiary/aromatic N) is 4. The number of fused-ring (bicyclic) bond motifs is 1. The minimum absolute atomic E-state index is 0.0388. The molecule has 3 unspecified atom stereocenters. The monoisotopic (exact) mass is 485 g/mol. The lowest BCUT2D eigenvalue weighted by atomic mass is 10.1. The Morgan fingerprint density at radius 3 is 2.76 bits per heavy atom. The van der Waals surface area contributed by atoms with Gasteiger partial charge in [-0.1, -0.05) is 12.8 Å². The Morgan fingerprint density at radius 2 is 2.03 bits per heavy atom. The van der Waals surface area contributed by atoms with Crippen LogP contribution in [0.15, 0.2) is 12.7 Å². The molecule has 0 radical (unpaired) electrons. The second-order valence-electron chi connectivity index (χ2n) is 8.12. The molecule has 1 saturated heterocycles. The smallest absolute Gasteiger partial charge is 0.329 e. The fraction of sp³-hybridized carbons (Fsp3) is 0.667. The van der Waals surface area contributed by atoms with Gasteiger partial charge in [-0.15, -0.1) is 0 Å². The highest BCUT2D eigenvalue weighted by molar-refractivity contribution is 7.52. The van der Waals surface area contributed by atoms with Crippen LogP contribution in [0.2, 0.25) is 0 Å². The molecule has 2 aliphatic rings. The number of anilines is 1. The van der Waals surface area contributed by atoms with E-state index in [2.05, 4.69) is 25.6 Å². The molecule has 15 heteroatoms. The molecule has 1 saturated carbocycles. The van der Waals surface area contributed by atoms with Crippen molar-refractivity contribution in [2.75, 3.05) is 24.6 Å². The molecule has 14 nitrogen and oxygen atoms in total. The molecule has 2 aromatic heterocycles. The van der Waals surface area contributed by atoms with Gasteiger partial charge < -0.3 is 35.4 Å². The number of carbonyl (C=O) groups excluding carboxylic acids is 1. The molecule has 1 aliphatic heterocycles. The number of nitrogens with two attached hydrogens (primary N) is 1. The van der Waals surface area contributed by atoms with Gasteiger partial charge in [-0.25, -0.2) is 19.7 Å². The summed E-state index contributed by atoms with van der Waals surface area (Å²) in [7, 11) is -3.93. The van der Waals surface area contributed by atoms with E-state index in [0.29, 0.717) is 0 Å². The fourth-order valence-electron chi connectivity index (χ4n) is 4.04. The summed E-state index contributed by atoms with van der Waals surface area (Å²) < 4.78 is 23.9. The van der Waals surface area contributed by atoms with Gasteiger partial charge in [-0.2, -0.15) is 0 Å². The molecule has 5 atom stereocenters. The number of ether oxygens (including phenoxy) is 1. The Labute approximate surface area is 189 Å². The second kappa shape index (κ2) is 9.97. The van der Waals surface area contributed by atoms with Crippen molar-refractivity contribution in [2.45, 2.75) is 56.3 Å². The van der Waals surface area contributed by atoms with Gasteiger partial charge in [0, 0.05) is 12.6 Å². The Bertz CT molecular complexity index is 1030. The molecule has 0 spiro atoms. The van der Waals surface area contributed by atoms with Crippen LogP contribution in [0.4, 0.5) is 10.6 Å². The topological polar surface area (TPSA) is 207 Å². The van der Waals surface area contributed by atoms with Crippen LogP contribution < -0.4 is 16.4 Å². The van der Waals surface area contributed by atoms with Crippen molar-refractivity contribution >= 4 is 30.6 Å². The van der Waals surface area contributed by atoms with Gasteiger partial charge in [-0.05, 0) is 12.8 Å². The van der Waals surface area contributed by atoms with Crippen LogP contribution in [0.1, 0.15) is 31.9 Å². The molecule has 182 valence electrons. The molecule has 7 N–H and O–H groups in total. The maximum absolute atomic E-state index is 12.3. The first-order valence-corrected chi connectivity index (χ1v) is 12.5. The van der Waals surface area contributed by atoms with Crippen molar-refractivity contribution in [1.82, 2.24) is 24.8 Å². The molecule has 2 aromatic rings. The van der Waals surface area contributed by atoms with Crippen LogP contribution in [0.25, 0.3) is 11.2 Å². The highest BCUT2D eigenvalue weighted by atomic mass is 31.2. The van der Waals surface area contributed by atoms with E-state index < -0.39 is 44.8 Å². The number of urea groups is 1. The van der Waals surface area contributed by atoms with E-state index in [1.807, 2.05) is 0 Å². The lowest BCUT2D eigenvalue weighted by Gasteiger charge is -2.17. The van der Waals surface area contributed by atoms with Gasteiger partial charge in [0.25, 0.3) is 0 Å². The molecule has 33 heavy (non-hydrogen) atoms. The summed E-state index contributed by atoms with van der Waals surface area (Å²) in [6, 6.07) is -0.270. The lowest BCUT2D eigenvalue weighted by Crippen LogP contribution is -2.36. The molecule has 0 aromatic carbocycles. The van der Waals surface area contributed by atoms with Crippen LogP contribution >= 0.6 is 7.60 Å². The molecule has 4 rings (SSSR count). The number of carbonyl (C=O) groups is 1. The first-order chi connectivity index (χ1) is 15.8.